The summed E-state index contributed by atoms with van der Waals surface area (Å²) in [5.74, 6) is 0.000770. The molecule has 1 heterocycles. The van der Waals surface area contributed by atoms with Crippen LogP contribution in [0.3, 0.4) is 0 Å². The van der Waals surface area contributed by atoms with Crippen molar-refractivity contribution in [3.63, 3.8) is 0 Å². The molecule has 0 radical (unpaired) electrons. The van der Waals surface area contributed by atoms with Gasteiger partial charge >= 0.3 is 0 Å². The summed E-state index contributed by atoms with van der Waals surface area (Å²) in [7, 11) is 0. The van der Waals surface area contributed by atoms with Gasteiger partial charge in [0, 0.05) is 17.3 Å². The van der Waals surface area contributed by atoms with E-state index in [0.29, 0.717) is 6.54 Å². The fraction of sp³-hybridized carbons (Fsp3) is 0.474. The van der Waals surface area contributed by atoms with E-state index in [-0.39, 0.29) is 11.9 Å². The summed E-state index contributed by atoms with van der Waals surface area (Å²) in [4.78, 5) is 12.7. The van der Waals surface area contributed by atoms with Crippen molar-refractivity contribution in [1.29, 1.82) is 0 Å². The largest absolute Gasteiger partial charge is 0.348 e. The van der Waals surface area contributed by atoms with Crippen LogP contribution in [0, 0.1) is 41.5 Å². The normalized spacial score (nSPS) is 12.3. The molecule has 0 aliphatic rings. The maximum atomic E-state index is 12.7. The summed E-state index contributed by atoms with van der Waals surface area (Å²) in [6.45, 7) is 14.8. The molecule has 1 N–H and O–H groups in total. The Morgan fingerprint density at radius 2 is 1.65 bits per heavy atom. The molecule has 4 nitrogen and oxygen atoms in total. The lowest BCUT2D eigenvalue weighted by atomic mass is 9.93. The van der Waals surface area contributed by atoms with Gasteiger partial charge in [-0.2, -0.15) is 5.10 Å². The highest BCUT2D eigenvalue weighted by molar-refractivity contribution is 5.97. The lowest BCUT2D eigenvalue weighted by Crippen LogP contribution is -2.37. The van der Waals surface area contributed by atoms with E-state index in [1.54, 1.807) is 0 Å². The van der Waals surface area contributed by atoms with Crippen LogP contribution >= 0.6 is 0 Å². The molecule has 2 aromatic rings. The summed E-state index contributed by atoms with van der Waals surface area (Å²) < 4.78 is 1.95. The molecule has 0 spiro atoms. The predicted molar refractivity (Wildman–Crippen MR) is 94.0 cm³/mol. The van der Waals surface area contributed by atoms with Crippen molar-refractivity contribution in [1.82, 2.24) is 15.1 Å². The number of carbonyl (C=O) groups excluding carboxylic acids is 1. The van der Waals surface area contributed by atoms with E-state index >= 15 is 0 Å². The highest BCUT2D eigenvalue weighted by Crippen LogP contribution is 2.21. The Hall–Kier alpha value is -2.10. The molecule has 0 unspecified atom stereocenters. The topological polar surface area (TPSA) is 46.9 Å². The summed E-state index contributed by atoms with van der Waals surface area (Å²) in [6.07, 6.45) is 0. The monoisotopic (exact) mass is 313 g/mol. The van der Waals surface area contributed by atoms with Gasteiger partial charge in [-0.05, 0) is 76.8 Å². The molecule has 23 heavy (non-hydrogen) atoms. The molecule has 0 fully saturated rings. The lowest BCUT2D eigenvalue weighted by Gasteiger charge is -2.19. The van der Waals surface area contributed by atoms with Crippen LogP contribution in [0.15, 0.2) is 12.1 Å². The summed E-state index contributed by atoms with van der Waals surface area (Å²) in [6, 6.07) is 4.20. The van der Waals surface area contributed by atoms with Crippen molar-refractivity contribution in [2.75, 3.05) is 0 Å². The Morgan fingerprint density at radius 1 is 1.09 bits per heavy atom. The first-order valence-electron chi connectivity index (χ1n) is 8.10. The molecule has 1 atom stereocenters. The molecule has 124 valence electrons. The van der Waals surface area contributed by atoms with Crippen molar-refractivity contribution in [3.05, 3.63) is 51.3 Å². The van der Waals surface area contributed by atoms with Crippen LogP contribution in [0.1, 0.15) is 50.9 Å². The van der Waals surface area contributed by atoms with E-state index in [1.807, 2.05) is 45.4 Å². The van der Waals surface area contributed by atoms with E-state index in [0.717, 1.165) is 39.2 Å². The fourth-order valence-corrected chi connectivity index (χ4v) is 3.02. The number of aryl methyl sites for hydroxylation is 4. The highest BCUT2D eigenvalue weighted by Gasteiger charge is 2.18. The quantitative estimate of drug-likeness (QED) is 0.938. The lowest BCUT2D eigenvalue weighted by molar-refractivity contribution is 0.0934. The number of hydrogen-bond donors (Lipinski definition) is 1. The molecular weight excluding hydrogens is 286 g/mol. The average Bonchev–Trinajstić information content (AvgIpc) is 2.74. The van der Waals surface area contributed by atoms with E-state index in [1.165, 1.54) is 0 Å². The first-order chi connectivity index (χ1) is 10.7. The zero-order chi connectivity index (χ0) is 17.3. The summed E-state index contributed by atoms with van der Waals surface area (Å²) in [5, 5.41) is 7.58. The number of nitrogens with one attached hydrogen (secondary N) is 1. The van der Waals surface area contributed by atoms with Crippen molar-refractivity contribution in [3.8, 4) is 0 Å². The van der Waals surface area contributed by atoms with Crippen molar-refractivity contribution in [2.45, 2.75) is 61.1 Å². The predicted octanol–water partition coefficient (Wildman–Crippen LogP) is 3.55. The minimum absolute atomic E-state index is 0.000770. The Kier molecular flexibility index (Phi) is 4.93. The number of aromatic nitrogens is 2. The van der Waals surface area contributed by atoms with Gasteiger partial charge in [-0.1, -0.05) is 6.07 Å². The van der Waals surface area contributed by atoms with Crippen LogP contribution in [0.5, 0.6) is 0 Å². The van der Waals surface area contributed by atoms with Gasteiger partial charge in [-0.3, -0.25) is 9.48 Å². The Morgan fingerprint density at radius 3 is 2.13 bits per heavy atom. The van der Waals surface area contributed by atoms with Gasteiger partial charge < -0.3 is 5.32 Å². The molecule has 1 aromatic carbocycles. The molecule has 0 bridgehead atoms. The fourth-order valence-electron chi connectivity index (χ4n) is 3.02. The van der Waals surface area contributed by atoms with E-state index < -0.39 is 0 Å². The van der Waals surface area contributed by atoms with Crippen LogP contribution < -0.4 is 5.32 Å². The van der Waals surface area contributed by atoms with Gasteiger partial charge in [0.05, 0.1) is 12.2 Å². The molecule has 0 saturated heterocycles. The van der Waals surface area contributed by atoms with Crippen LogP contribution in [0.25, 0.3) is 0 Å². The van der Waals surface area contributed by atoms with E-state index in [4.69, 9.17) is 0 Å². The third-order valence-corrected chi connectivity index (χ3v) is 4.52. The maximum absolute atomic E-state index is 12.7. The van der Waals surface area contributed by atoms with E-state index in [2.05, 4.69) is 30.3 Å². The second-order valence-electron chi connectivity index (χ2n) is 6.62. The van der Waals surface area contributed by atoms with Crippen LogP contribution in [0.4, 0.5) is 0 Å². The van der Waals surface area contributed by atoms with Crippen LogP contribution in [-0.4, -0.2) is 21.7 Å². The molecule has 1 amide bonds. The Labute approximate surface area is 138 Å². The summed E-state index contributed by atoms with van der Waals surface area (Å²) in [5.41, 5.74) is 7.36. The van der Waals surface area contributed by atoms with E-state index in [9.17, 15) is 4.79 Å². The molecule has 0 saturated carbocycles. The maximum Gasteiger partial charge on any atom is 0.252 e. The minimum atomic E-state index is 0.000770. The first-order valence-corrected chi connectivity index (χ1v) is 8.10. The molecule has 4 heteroatoms. The standard InChI is InChI=1S/C19H27N3O/c1-11-8-12(2)17(7)18(16(11)6)19(23)20-14(4)10-22-15(5)9-13(3)21-22/h8-9,14H,10H2,1-7H3,(H,20,23)/t14-/m1/s1. The molecule has 0 aliphatic carbocycles. The smallest absolute Gasteiger partial charge is 0.252 e. The van der Waals surface area contributed by atoms with Gasteiger partial charge in [-0.15, -0.1) is 0 Å². The zero-order valence-electron chi connectivity index (χ0n) is 15.2. The number of hydrogen-bond acceptors (Lipinski definition) is 2. The first kappa shape index (κ1) is 17.3. The van der Waals surface area contributed by atoms with Gasteiger partial charge in [-0.25, -0.2) is 0 Å². The van der Waals surface area contributed by atoms with Gasteiger partial charge in [0.2, 0.25) is 0 Å². The Balaban J connectivity index is 2.18. The number of amides is 1. The SMILES string of the molecule is Cc1cc(C)n(C[C@@H](C)NC(=O)c2c(C)c(C)cc(C)c2C)n1. The molecular formula is C19H27N3O. The van der Waals surface area contributed by atoms with Crippen LogP contribution in [0.2, 0.25) is 0 Å². The highest BCUT2D eigenvalue weighted by atomic mass is 16.1. The van der Waals surface area contributed by atoms with Crippen LogP contribution in [-0.2, 0) is 6.54 Å². The third-order valence-electron chi connectivity index (χ3n) is 4.52. The number of nitrogens with zero attached hydrogens (tertiary/aromatic N) is 2. The third kappa shape index (κ3) is 3.63. The van der Waals surface area contributed by atoms with Crippen molar-refractivity contribution >= 4 is 5.91 Å². The van der Waals surface area contributed by atoms with Crippen molar-refractivity contribution < 1.29 is 4.79 Å². The second-order valence-corrected chi connectivity index (χ2v) is 6.62. The average molecular weight is 313 g/mol. The van der Waals surface area contributed by atoms with Gasteiger partial charge in [0.1, 0.15) is 0 Å². The minimum Gasteiger partial charge on any atom is -0.348 e. The molecule has 2 rings (SSSR count). The molecule has 0 aliphatic heterocycles. The summed E-state index contributed by atoms with van der Waals surface area (Å²) >= 11 is 0. The number of benzene rings is 1. The van der Waals surface area contributed by atoms with Gasteiger partial charge in [0.25, 0.3) is 5.91 Å². The number of carbonyl (C=O) groups is 1. The zero-order valence-corrected chi connectivity index (χ0v) is 15.2. The molecule has 1 aromatic heterocycles. The number of rotatable bonds is 4. The van der Waals surface area contributed by atoms with Crippen molar-refractivity contribution in [2.24, 2.45) is 0 Å². The van der Waals surface area contributed by atoms with Gasteiger partial charge in [0.15, 0.2) is 0 Å². The second kappa shape index (κ2) is 6.57. The Bertz CT molecular complexity index is 717.